The van der Waals surface area contributed by atoms with Crippen molar-refractivity contribution in [2.75, 3.05) is 13.6 Å². The Balaban J connectivity index is 1.74. The van der Waals surface area contributed by atoms with Crippen LogP contribution >= 0.6 is 0 Å². The Morgan fingerprint density at radius 2 is 2.07 bits per heavy atom. The molecule has 1 aromatic heterocycles. The second-order valence-electron chi connectivity index (χ2n) is 8.20. The Labute approximate surface area is 165 Å². The highest BCUT2D eigenvalue weighted by Gasteiger charge is 2.32. The molecule has 7 nitrogen and oxygen atoms in total. The highest BCUT2D eigenvalue weighted by Crippen LogP contribution is 2.37. The summed E-state index contributed by atoms with van der Waals surface area (Å²) >= 11 is 0. The number of nitrogens with one attached hydrogen (secondary N) is 1. The average Bonchev–Trinajstić information content (AvgIpc) is 3.15. The van der Waals surface area contributed by atoms with Crippen LogP contribution in [0, 0.1) is 0 Å². The van der Waals surface area contributed by atoms with Gasteiger partial charge in [0.1, 0.15) is 12.1 Å². The van der Waals surface area contributed by atoms with Gasteiger partial charge < -0.3 is 19.5 Å². The van der Waals surface area contributed by atoms with E-state index in [2.05, 4.69) is 22.4 Å². The van der Waals surface area contributed by atoms with Crippen LogP contribution in [0.15, 0.2) is 43.0 Å². The van der Waals surface area contributed by atoms with Gasteiger partial charge in [-0.2, -0.15) is 0 Å². The van der Waals surface area contributed by atoms with Crippen molar-refractivity contribution >= 4 is 12.0 Å². The Bertz CT molecular complexity index is 826. The van der Waals surface area contributed by atoms with E-state index in [-0.39, 0.29) is 24.5 Å². The molecule has 0 spiro atoms. The van der Waals surface area contributed by atoms with E-state index in [1.54, 1.807) is 40.3 Å². The van der Waals surface area contributed by atoms with Gasteiger partial charge in [-0.05, 0) is 44.7 Å². The summed E-state index contributed by atoms with van der Waals surface area (Å²) in [5, 5.41) is 3.13. The maximum atomic E-state index is 12.7. The molecule has 1 aliphatic rings. The molecule has 2 aromatic rings. The standard InChI is InChI=1S/C21H28N4O3/c1-21(2,3)28-20(27)24(4)13-18(26)23-19-16-8-6-5-7-15(16)9-10-17(19)25-12-11-22-14-25/h5-8,11-12,14,17,19H,9-10,13H2,1-4H3,(H,23,26)/t17-,19+/m0/s1. The van der Waals surface area contributed by atoms with Gasteiger partial charge in [-0.15, -0.1) is 0 Å². The first-order chi connectivity index (χ1) is 13.2. The fourth-order valence-electron chi connectivity index (χ4n) is 3.54. The van der Waals surface area contributed by atoms with Gasteiger partial charge in [0.05, 0.1) is 18.4 Å². The SMILES string of the molecule is CN(CC(=O)N[C@@H]1c2ccccc2CC[C@@H]1n1ccnc1)C(=O)OC(C)(C)C. The van der Waals surface area contributed by atoms with Crippen LogP contribution in [-0.2, 0) is 16.0 Å². The number of hydrogen-bond acceptors (Lipinski definition) is 4. The first-order valence-corrected chi connectivity index (χ1v) is 9.53. The van der Waals surface area contributed by atoms with Crippen molar-refractivity contribution in [3.8, 4) is 0 Å². The predicted octanol–water partition coefficient (Wildman–Crippen LogP) is 3.09. The van der Waals surface area contributed by atoms with E-state index in [9.17, 15) is 9.59 Å². The van der Waals surface area contributed by atoms with Crippen LogP contribution in [0.25, 0.3) is 0 Å². The van der Waals surface area contributed by atoms with Crippen molar-refractivity contribution < 1.29 is 14.3 Å². The van der Waals surface area contributed by atoms with Crippen LogP contribution in [0.1, 0.15) is 50.4 Å². The summed E-state index contributed by atoms with van der Waals surface area (Å²) in [7, 11) is 1.57. The van der Waals surface area contributed by atoms with Crippen molar-refractivity contribution in [3.05, 3.63) is 54.1 Å². The molecule has 150 valence electrons. The fourth-order valence-corrected chi connectivity index (χ4v) is 3.54. The molecule has 1 aliphatic carbocycles. The zero-order chi connectivity index (χ0) is 20.3. The van der Waals surface area contributed by atoms with E-state index >= 15 is 0 Å². The van der Waals surface area contributed by atoms with Crippen LogP contribution in [0.2, 0.25) is 0 Å². The molecule has 0 saturated heterocycles. The largest absolute Gasteiger partial charge is 0.444 e. The summed E-state index contributed by atoms with van der Waals surface area (Å²) < 4.78 is 7.36. The minimum Gasteiger partial charge on any atom is -0.444 e. The number of aromatic nitrogens is 2. The molecule has 0 saturated carbocycles. The molecule has 1 aromatic carbocycles. The lowest BCUT2D eigenvalue weighted by atomic mass is 9.84. The van der Waals surface area contributed by atoms with Crippen molar-refractivity contribution in [1.29, 1.82) is 0 Å². The zero-order valence-electron chi connectivity index (χ0n) is 16.9. The fraction of sp³-hybridized carbons (Fsp3) is 0.476. The Morgan fingerprint density at radius 1 is 1.32 bits per heavy atom. The predicted molar refractivity (Wildman–Crippen MR) is 106 cm³/mol. The molecule has 0 fully saturated rings. The molecule has 2 amide bonds. The number of nitrogens with zero attached hydrogens (tertiary/aromatic N) is 3. The third-order valence-corrected chi connectivity index (χ3v) is 4.79. The highest BCUT2D eigenvalue weighted by molar-refractivity contribution is 5.82. The van der Waals surface area contributed by atoms with E-state index in [4.69, 9.17) is 4.74 Å². The molecule has 0 bridgehead atoms. The van der Waals surface area contributed by atoms with Crippen molar-refractivity contribution in [1.82, 2.24) is 19.8 Å². The van der Waals surface area contributed by atoms with Crippen LogP contribution in [0.5, 0.6) is 0 Å². The molecule has 1 heterocycles. The molecule has 0 radical (unpaired) electrons. The van der Waals surface area contributed by atoms with Gasteiger partial charge >= 0.3 is 6.09 Å². The number of rotatable bonds is 4. The van der Waals surface area contributed by atoms with Gasteiger partial charge in [-0.25, -0.2) is 9.78 Å². The molecular formula is C21H28N4O3. The maximum absolute atomic E-state index is 12.7. The lowest BCUT2D eigenvalue weighted by Crippen LogP contribution is -2.44. The van der Waals surface area contributed by atoms with Crippen molar-refractivity contribution in [2.24, 2.45) is 0 Å². The Kier molecular flexibility index (Phi) is 5.72. The highest BCUT2D eigenvalue weighted by atomic mass is 16.6. The first kappa shape index (κ1) is 19.9. The van der Waals surface area contributed by atoms with E-state index in [0.717, 1.165) is 18.4 Å². The number of benzene rings is 1. The third-order valence-electron chi connectivity index (χ3n) is 4.79. The van der Waals surface area contributed by atoms with E-state index < -0.39 is 11.7 Å². The number of likely N-dealkylation sites (N-methyl/N-ethyl adjacent to an activating group) is 1. The normalized spacial score (nSPS) is 18.9. The summed E-state index contributed by atoms with van der Waals surface area (Å²) in [5.41, 5.74) is 1.75. The molecule has 1 N–H and O–H groups in total. The number of hydrogen-bond donors (Lipinski definition) is 1. The van der Waals surface area contributed by atoms with E-state index in [1.165, 1.54) is 10.5 Å². The summed E-state index contributed by atoms with van der Waals surface area (Å²) in [6.07, 6.45) is 6.78. The summed E-state index contributed by atoms with van der Waals surface area (Å²) in [6.45, 7) is 5.33. The van der Waals surface area contributed by atoms with Gasteiger partial charge in [-0.1, -0.05) is 24.3 Å². The number of carbonyl (C=O) groups is 2. The lowest BCUT2D eigenvalue weighted by molar-refractivity contribution is -0.123. The molecular weight excluding hydrogens is 356 g/mol. The number of amides is 2. The molecule has 2 atom stereocenters. The minimum absolute atomic E-state index is 0.0652. The van der Waals surface area contributed by atoms with Gasteiger partial charge in [0.2, 0.25) is 5.91 Å². The maximum Gasteiger partial charge on any atom is 0.410 e. The van der Waals surface area contributed by atoms with Gasteiger partial charge in [0.15, 0.2) is 0 Å². The zero-order valence-corrected chi connectivity index (χ0v) is 16.9. The van der Waals surface area contributed by atoms with Crippen LogP contribution in [0.3, 0.4) is 0 Å². The van der Waals surface area contributed by atoms with E-state index in [0.29, 0.717) is 0 Å². The topological polar surface area (TPSA) is 76.5 Å². The molecule has 28 heavy (non-hydrogen) atoms. The number of carbonyl (C=O) groups excluding carboxylic acids is 2. The molecule has 0 unspecified atom stereocenters. The number of fused-ring (bicyclic) bond motifs is 1. The Morgan fingerprint density at radius 3 is 2.75 bits per heavy atom. The smallest absolute Gasteiger partial charge is 0.410 e. The van der Waals surface area contributed by atoms with Crippen LogP contribution < -0.4 is 5.32 Å². The van der Waals surface area contributed by atoms with Crippen LogP contribution in [-0.4, -0.2) is 45.6 Å². The summed E-state index contributed by atoms with van der Waals surface area (Å²) in [4.78, 5) is 30.3. The Hall–Kier alpha value is -2.83. The quantitative estimate of drug-likeness (QED) is 0.879. The van der Waals surface area contributed by atoms with Crippen molar-refractivity contribution in [3.63, 3.8) is 0 Å². The van der Waals surface area contributed by atoms with Crippen LogP contribution in [0.4, 0.5) is 4.79 Å². The van der Waals surface area contributed by atoms with E-state index in [1.807, 2.05) is 22.9 Å². The monoisotopic (exact) mass is 384 g/mol. The van der Waals surface area contributed by atoms with Gasteiger partial charge in [-0.3, -0.25) is 4.79 Å². The first-order valence-electron chi connectivity index (χ1n) is 9.53. The minimum atomic E-state index is -0.601. The second kappa shape index (κ2) is 8.04. The van der Waals surface area contributed by atoms with Crippen molar-refractivity contribution in [2.45, 2.75) is 51.3 Å². The molecule has 3 rings (SSSR count). The number of imidazole rings is 1. The second-order valence-corrected chi connectivity index (χ2v) is 8.20. The number of ether oxygens (including phenoxy) is 1. The average molecular weight is 384 g/mol. The summed E-state index contributed by atoms with van der Waals surface area (Å²) in [5.74, 6) is -0.222. The van der Waals surface area contributed by atoms with Gasteiger partial charge in [0, 0.05) is 19.4 Å². The van der Waals surface area contributed by atoms with Gasteiger partial charge in [0.25, 0.3) is 0 Å². The molecule has 0 aliphatic heterocycles. The lowest BCUT2D eigenvalue weighted by Gasteiger charge is -2.35. The number of aryl methyl sites for hydroxylation is 1. The summed E-state index contributed by atoms with van der Waals surface area (Å²) in [6, 6.07) is 8.06. The third kappa shape index (κ3) is 4.71. The molecule has 7 heteroatoms.